The van der Waals surface area contributed by atoms with Gasteiger partial charge in [-0.15, -0.1) is 0 Å². The lowest BCUT2D eigenvalue weighted by Gasteiger charge is -2.20. The maximum Gasteiger partial charge on any atom is 0.0900 e. The van der Waals surface area contributed by atoms with Gasteiger partial charge >= 0.3 is 0 Å². The minimum Gasteiger partial charge on any atom is -0.378 e. The molecule has 5 rings (SSSR count). The number of para-hydroxylation sites is 2. The van der Waals surface area contributed by atoms with Crippen LogP contribution in [0.2, 0.25) is 10.0 Å². The Morgan fingerprint density at radius 1 is 0.821 bits per heavy atom. The summed E-state index contributed by atoms with van der Waals surface area (Å²) in [7, 11) is 0. The summed E-state index contributed by atoms with van der Waals surface area (Å²) in [6, 6.07) is 27.5. The molecule has 1 aliphatic carbocycles. The van der Waals surface area contributed by atoms with Crippen LogP contribution in [-0.2, 0) is 9.47 Å². The molecule has 3 aromatic carbocycles. The van der Waals surface area contributed by atoms with Crippen LogP contribution in [0.25, 0.3) is 28.1 Å². The Hall–Kier alpha value is -3.46. The Balaban J connectivity index is 1.58. The van der Waals surface area contributed by atoms with E-state index in [0.717, 1.165) is 44.8 Å². The number of hydrogen-bond donors (Lipinski definition) is 2. The van der Waals surface area contributed by atoms with Gasteiger partial charge in [0.25, 0.3) is 0 Å². The Kier molecular flexibility index (Phi) is 9.08. The Labute approximate surface area is 237 Å². The summed E-state index contributed by atoms with van der Waals surface area (Å²) in [4.78, 5) is 9.88. The Morgan fingerprint density at radius 3 is 2.26 bits per heavy atom. The first kappa shape index (κ1) is 27.1. The molecule has 3 N–H and O–H groups in total. The van der Waals surface area contributed by atoms with Crippen molar-refractivity contribution in [3.63, 3.8) is 0 Å². The van der Waals surface area contributed by atoms with Gasteiger partial charge < -0.3 is 25.1 Å². The van der Waals surface area contributed by atoms with Gasteiger partial charge in [0.2, 0.25) is 0 Å². The van der Waals surface area contributed by atoms with Gasteiger partial charge in [-0.2, -0.15) is 0 Å². The molecule has 0 bridgehead atoms. The standard InChI is InChI=1S/C30H29Cl2N5O2/c31-21-5-9-23(10-6-21)35-27-19-28-30(20-26(27)34-14-16-39-18-17-38-15-13-33)37(24-11-7-22(32)8-12-24)29-4-2-1-3-25(29)36-28/h1-12,19-20,35H,13-18,33H2/b34-26-. The molecule has 1 aliphatic heterocycles. The first-order chi connectivity index (χ1) is 19.1. The SMILES string of the molecule is NCCOCCOCC/N=c1/cc2n(-c3ccc(Cl)cc3)c3ccccc3nc-2cc1Nc1ccc(Cl)cc1. The number of hydrogen-bond acceptors (Lipinski definition) is 6. The average molecular weight is 563 g/mol. The summed E-state index contributed by atoms with van der Waals surface area (Å²) in [5.74, 6) is 0. The number of anilines is 2. The van der Waals surface area contributed by atoms with Crippen molar-refractivity contribution in [2.75, 3.05) is 44.8 Å². The van der Waals surface area contributed by atoms with Crippen molar-refractivity contribution in [1.29, 1.82) is 0 Å². The van der Waals surface area contributed by atoms with Crippen LogP contribution in [0.4, 0.5) is 11.4 Å². The van der Waals surface area contributed by atoms with Gasteiger partial charge in [0.15, 0.2) is 0 Å². The second-order valence-corrected chi connectivity index (χ2v) is 9.67. The maximum atomic E-state index is 6.21. The fraction of sp³-hybridized carbons (Fsp3) is 0.200. The molecule has 0 saturated heterocycles. The molecule has 0 atom stereocenters. The van der Waals surface area contributed by atoms with Crippen molar-refractivity contribution >= 4 is 45.6 Å². The summed E-state index contributed by atoms with van der Waals surface area (Å²) in [6.07, 6.45) is 0. The molecule has 3 aromatic rings. The molecule has 200 valence electrons. The molecule has 0 amide bonds. The van der Waals surface area contributed by atoms with E-state index in [1.165, 1.54) is 0 Å². The largest absolute Gasteiger partial charge is 0.378 e. The van der Waals surface area contributed by atoms with E-state index < -0.39 is 0 Å². The normalized spacial score (nSPS) is 11.9. The molecule has 39 heavy (non-hydrogen) atoms. The van der Waals surface area contributed by atoms with Crippen LogP contribution in [0.15, 0.2) is 89.9 Å². The molecule has 9 heteroatoms. The molecular weight excluding hydrogens is 533 g/mol. The van der Waals surface area contributed by atoms with E-state index in [1.807, 2.05) is 72.8 Å². The van der Waals surface area contributed by atoms with Crippen molar-refractivity contribution in [2.45, 2.75) is 0 Å². The van der Waals surface area contributed by atoms with Crippen molar-refractivity contribution in [3.05, 3.63) is 100 Å². The fourth-order valence-electron chi connectivity index (χ4n) is 4.27. The minimum absolute atomic E-state index is 0.470. The maximum absolute atomic E-state index is 6.21. The Morgan fingerprint density at radius 2 is 1.51 bits per heavy atom. The van der Waals surface area contributed by atoms with Gasteiger partial charge in [-0.1, -0.05) is 35.3 Å². The number of aromatic nitrogens is 2. The second kappa shape index (κ2) is 13.1. The van der Waals surface area contributed by atoms with E-state index in [9.17, 15) is 0 Å². The highest BCUT2D eigenvalue weighted by Crippen LogP contribution is 2.31. The van der Waals surface area contributed by atoms with Crippen LogP contribution >= 0.6 is 23.2 Å². The molecular formula is C30H29Cl2N5O2. The lowest BCUT2D eigenvalue weighted by molar-refractivity contribution is 0.0538. The highest BCUT2D eigenvalue weighted by molar-refractivity contribution is 6.30. The molecule has 1 heterocycles. The monoisotopic (exact) mass is 561 g/mol. The van der Waals surface area contributed by atoms with E-state index in [-0.39, 0.29) is 0 Å². The van der Waals surface area contributed by atoms with E-state index in [4.69, 9.17) is 48.4 Å². The highest BCUT2D eigenvalue weighted by atomic mass is 35.5. The molecule has 0 fully saturated rings. The van der Waals surface area contributed by atoms with Crippen LogP contribution in [0, 0.1) is 0 Å². The molecule has 2 aliphatic rings. The van der Waals surface area contributed by atoms with Gasteiger partial charge in [0.1, 0.15) is 0 Å². The van der Waals surface area contributed by atoms with Crippen molar-refractivity contribution in [3.8, 4) is 17.1 Å². The minimum atomic E-state index is 0.470. The first-order valence-corrected chi connectivity index (χ1v) is 13.5. The third-order valence-electron chi connectivity index (χ3n) is 6.06. The van der Waals surface area contributed by atoms with Crippen LogP contribution < -0.4 is 16.4 Å². The second-order valence-electron chi connectivity index (χ2n) is 8.80. The number of nitrogens with zero attached hydrogens (tertiary/aromatic N) is 3. The highest BCUT2D eigenvalue weighted by Gasteiger charge is 2.16. The lowest BCUT2D eigenvalue weighted by Crippen LogP contribution is -2.16. The third kappa shape index (κ3) is 6.76. The molecule has 0 spiro atoms. The van der Waals surface area contributed by atoms with Gasteiger partial charge in [-0.3, -0.25) is 4.99 Å². The first-order valence-electron chi connectivity index (χ1n) is 12.7. The van der Waals surface area contributed by atoms with E-state index in [2.05, 4.69) is 22.0 Å². The topological polar surface area (TPSA) is 86.7 Å². The average Bonchev–Trinajstić information content (AvgIpc) is 2.95. The number of nitrogens with two attached hydrogens (primary N) is 1. The van der Waals surface area contributed by atoms with Gasteiger partial charge in [0, 0.05) is 28.0 Å². The number of ether oxygens (including phenoxy) is 2. The summed E-state index contributed by atoms with van der Waals surface area (Å²) >= 11 is 12.3. The Bertz CT molecular complexity index is 1570. The number of nitrogens with one attached hydrogen (secondary N) is 1. The predicted octanol–water partition coefficient (Wildman–Crippen LogP) is 6.07. The van der Waals surface area contributed by atoms with Crippen molar-refractivity contribution in [1.82, 2.24) is 9.55 Å². The third-order valence-corrected chi connectivity index (χ3v) is 6.56. The number of halogens is 2. The van der Waals surface area contributed by atoms with Crippen LogP contribution in [0.1, 0.15) is 0 Å². The van der Waals surface area contributed by atoms with Gasteiger partial charge in [0.05, 0.1) is 66.4 Å². The van der Waals surface area contributed by atoms with Gasteiger partial charge in [-0.05, 0) is 72.8 Å². The number of fused-ring (bicyclic) bond motifs is 2. The summed E-state index contributed by atoms with van der Waals surface area (Å²) in [6.45, 7) is 2.99. The van der Waals surface area contributed by atoms with Crippen LogP contribution in [-0.4, -0.2) is 49.1 Å². The van der Waals surface area contributed by atoms with E-state index in [0.29, 0.717) is 49.6 Å². The molecule has 0 aromatic heterocycles. The smallest absolute Gasteiger partial charge is 0.0900 e. The van der Waals surface area contributed by atoms with Crippen LogP contribution in [0.3, 0.4) is 0 Å². The quantitative estimate of drug-likeness (QED) is 0.151. The zero-order valence-electron chi connectivity index (χ0n) is 21.3. The molecule has 0 saturated carbocycles. The molecule has 0 radical (unpaired) electrons. The van der Waals surface area contributed by atoms with Gasteiger partial charge in [-0.25, -0.2) is 4.98 Å². The predicted molar refractivity (Wildman–Crippen MR) is 159 cm³/mol. The van der Waals surface area contributed by atoms with E-state index >= 15 is 0 Å². The fourth-order valence-corrected chi connectivity index (χ4v) is 4.52. The van der Waals surface area contributed by atoms with Crippen molar-refractivity contribution in [2.24, 2.45) is 10.7 Å². The molecule has 7 nitrogen and oxygen atoms in total. The lowest BCUT2D eigenvalue weighted by atomic mass is 10.1. The molecule has 0 unspecified atom stereocenters. The number of rotatable bonds is 11. The summed E-state index contributed by atoms with van der Waals surface area (Å²) < 4.78 is 13.3. The summed E-state index contributed by atoms with van der Waals surface area (Å²) in [5, 5.41) is 5.64. The zero-order valence-corrected chi connectivity index (χ0v) is 22.8. The summed E-state index contributed by atoms with van der Waals surface area (Å²) in [5.41, 5.74) is 11.8. The zero-order chi connectivity index (χ0) is 27.0. The van der Waals surface area contributed by atoms with E-state index in [1.54, 1.807) is 0 Å². The van der Waals surface area contributed by atoms with Crippen molar-refractivity contribution < 1.29 is 9.47 Å². The van der Waals surface area contributed by atoms with Crippen LogP contribution in [0.5, 0.6) is 0 Å². The number of benzene rings is 4.